The van der Waals surface area contributed by atoms with Crippen molar-refractivity contribution in [2.45, 2.75) is 6.10 Å². The topological polar surface area (TPSA) is 93.7 Å². The number of hydrogen-bond acceptors (Lipinski definition) is 5. The third kappa shape index (κ3) is 3.46. The van der Waals surface area contributed by atoms with Crippen LogP contribution >= 0.6 is 0 Å². The highest BCUT2D eigenvalue weighted by Gasteiger charge is 2.33. The van der Waals surface area contributed by atoms with E-state index in [1.165, 1.54) is 0 Å². The Balaban J connectivity index is 1.62. The summed E-state index contributed by atoms with van der Waals surface area (Å²) < 4.78 is 9.94. The molecule has 1 aliphatic heterocycles. The highest BCUT2D eigenvalue weighted by Crippen LogP contribution is 2.23. The summed E-state index contributed by atoms with van der Waals surface area (Å²) in [6, 6.07) is 15.0. The first-order valence-electron chi connectivity index (χ1n) is 6.77. The monoisotopic (exact) mass is 312 g/mol. The predicted molar refractivity (Wildman–Crippen MR) is 79.9 cm³/mol. The number of amides is 3. The van der Waals surface area contributed by atoms with Crippen LogP contribution in [0.3, 0.4) is 0 Å². The summed E-state index contributed by atoms with van der Waals surface area (Å²) in [6.07, 6.45) is -2.37. The lowest BCUT2D eigenvalue weighted by atomic mass is 10.1. The molecule has 0 aliphatic carbocycles. The van der Waals surface area contributed by atoms with Gasteiger partial charge in [0.2, 0.25) is 6.10 Å². The van der Waals surface area contributed by atoms with Crippen molar-refractivity contribution in [1.29, 1.82) is 0 Å². The number of ether oxygens (including phenoxy) is 2. The van der Waals surface area contributed by atoms with Crippen LogP contribution in [-0.4, -0.2) is 18.1 Å². The maximum absolute atomic E-state index is 11.8. The first-order chi connectivity index (χ1) is 11.1. The molecule has 0 aromatic heterocycles. The van der Waals surface area contributed by atoms with E-state index in [1.807, 2.05) is 11.4 Å². The standard InChI is InChI=1S/C16H12N2O5/c19-14-13(23-16(21)18-14)10-6-8-11(9-7-10)17-15(20)22-12-4-2-1-3-5-12/h1-9,13H,(H,17,20)(H,18,19,21). The van der Waals surface area contributed by atoms with Crippen LogP contribution in [0.1, 0.15) is 11.7 Å². The molecule has 3 amide bonds. The van der Waals surface area contributed by atoms with Crippen LogP contribution in [0.15, 0.2) is 54.6 Å². The molecule has 2 aromatic rings. The molecule has 0 radical (unpaired) electrons. The summed E-state index contributed by atoms with van der Waals surface area (Å²) >= 11 is 0. The SMILES string of the molecule is O=C(Nc1ccc(C2OC(=O)NC2=O)cc1)Oc1ccccc1. The van der Waals surface area contributed by atoms with Gasteiger partial charge in [0.15, 0.2) is 0 Å². The van der Waals surface area contributed by atoms with Gasteiger partial charge in [-0.2, -0.15) is 0 Å². The summed E-state index contributed by atoms with van der Waals surface area (Å²) in [4.78, 5) is 34.3. The molecule has 3 rings (SSSR count). The first-order valence-corrected chi connectivity index (χ1v) is 6.77. The van der Waals surface area contributed by atoms with Crippen molar-refractivity contribution >= 4 is 23.8 Å². The largest absolute Gasteiger partial charge is 0.431 e. The van der Waals surface area contributed by atoms with E-state index in [9.17, 15) is 14.4 Å². The smallest absolute Gasteiger partial charge is 0.417 e. The second kappa shape index (κ2) is 6.18. The van der Waals surface area contributed by atoms with Crippen molar-refractivity contribution in [2.75, 3.05) is 5.32 Å². The minimum absolute atomic E-state index is 0.427. The zero-order chi connectivity index (χ0) is 16.2. The third-order valence-corrected chi connectivity index (χ3v) is 3.10. The normalized spacial score (nSPS) is 16.4. The number of carbonyl (C=O) groups excluding carboxylic acids is 3. The van der Waals surface area contributed by atoms with Gasteiger partial charge in [-0.05, 0) is 24.3 Å². The van der Waals surface area contributed by atoms with Crippen LogP contribution < -0.4 is 15.4 Å². The first kappa shape index (κ1) is 14.6. The molecule has 0 bridgehead atoms. The fourth-order valence-electron chi connectivity index (χ4n) is 2.06. The molecular weight excluding hydrogens is 300 g/mol. The molecule has 2 N–H and O–H groups in total. The number of rotatable bonds is 3. The number of benzene rings is 2. The second-order valence-electron chi connectivity index (χ2n) is 4.72. The molecule has 7 nitrogen and oxygen atoms in total. The van der Waals surface area contributed by atoms with Crippen LogP contribution in [0.5, 0.6) is 5.75 Å². The van der Waals surface area contributed by atoms with E-state index in [4.69, 9.17) is 9.47 Å². The van der Waals surface area contributed by atoms with Gasteiger partial charge in [-0.1, -0.05) is 30.3 Å². The Kier molecular flexibility index (Phi) is 3.92. The summed E-state index contributed by atoms with van der Waals surface area (Å²) in [5.74, 6) is -0.0876. The molecule has 0 spiro atoms. The maximum Gasteiger partial charge on any atom is 0.417 e. The van der Waals surface area contributed by atoms with Crippen molar-refractivity contribution < 1.29 is 23.9 Å². The average molecular weight is 312 g/mol. The van der Waals surface area contributed by atoms with Crippen molar-refractivity contribution in [2.24, 2.45) is 0 Å². The molecular formula is C16H12N2O5. The van der Waals surface area contributed by atoms with Crippen LogP contribution in [0.25, 0.3) is 0 Å². The van der Waals surface area contributed by atoms with Gasteiger partial charge in [-0.15, -0.1) is 0 Å². The van der Waals surface area contributed by atoms with E-state index in [0.717, 1.165) is 0 Å². The highest BCUT2D eigenvalue weighted by molar-refractivity contribution is 6.00. The van der Waals surface area contributed by atoms with E-state index in [2.05, 4.69) is 5.32 Å². The Morgan fingerprint density at radius 2 is 1.74 bits per heavy atom. The molecule has 0 saturated carbocycles. The molecule has 1 fully saturated rings. The Bertz CT molecular complexity index is 743. The zero-order valence-corrected chi connectivity index (χ0v) is 11.8. The highest BCUT2D eigenvalue weighted by atomic mass is 16.6. The fourth-order valence-corrected chi connectivity index (χ4v) is 2.06. The van der Waals surface area contributed by atoms with Gasteiger partial charge < -0.3 is 9.47 Å². The number of cyclic esters (lactones) is 1. The second-order valence-corrected chi connectivity index (χ2v) is 4.72. The van der Waals surface area contributed by atoms with Gasteiger partial charge >= 0.3 is 12.2 Å². The predicted octanol–water partition coefficient (Wildman–Crippen LogP) is 2.61. The zero-order valence-electron chi connectivity index (χ0n) is 11.8. The fraction of sp³-hybridized carbons (Fsp3) is 0.0625. The Morgan fingerprint density at radius 1 is 1.04 bits per heavy atom. The number of anilines is 1. The van der Waals surface area contributed by atoms with Gasteiger partial charge in [0.25, 0.3) is 5.91 Å². The van der Waals surface area contributed by atoms with Crippen molar-refractivity contribution in [1.82, 2.24) is 5.32 Å². The summed E-state index contributed by atoms with van der Waals surface area (Å²) in [6.45, 7) is 0. The summed E-state index contributed by atoms with van der Waals surface area (Å²) in [5, 5.41) is 4.61. The molecule has 2 aromatic carbocycles. The van der Waals surface area contributed by atoms with Crippen LogP contribution in [0, 0.1) is 0 Å². The molecule has 1 unspecified atom stereocenters. The Morgan fingerprint density at radius 3 is 2.35 bits per heavy atom. The van der Waals surface area contributed by atoms with E-state index in [-0.39, 0.29) is 0 Å². The van der Waals surface area contributed by atoms with Crippen LogP contribution in [0.2, 0.25) is 0 Å². The molecule has 7 heteroatoms. The summed E-state index contributed by atoms with van der Waals surface area (Å²) in [7, 11) is 0. The Labute approximate surface area is 131 Å². The molecule has 1 saturated heterocycles. The van der Waals surface area contributed by atoms with Crippen molar-refractivity contribution in [3.8, 4) is 5.75 Å². The molecule has 1 heterocycles. The average Bonchev–Trinajstić information content (AvgIpc) is 2.87. The van der Waals surface area contributed by atoms with Gasteiger partial charge in [0, 0.05) is 11.3 Å². The molecule has 1 aliphatic rings. The van der Waals surface area contributed by atoms with Crippen LogP contribution in [0.4, 0.5) is 15.3 Å². The number of imide groups is 1. The molecule has 23 heavy (non-hydrogen) atoms. The Hall–Kier alpha value is -3.35. The van der Waals surface area contributed by atoms with E-state index in [0.29, 0.717) is 17.0 Å². The van der Waals surface area contributed by atoms with E-state index < -0.39 is 24.2 Å². The van der Waals surface area contributed by atoms with Crippen LogP contribution in [-0.2, 0) is 9.53 Å². The van der Waals surface area contributed by atoms with E-state index in [1.54, 1.807) is 48.5 Å². The minimum Gasteiger partial charge on any atom is -0.431 e. The number of alkyl carbamates (subject to hydrolysis) is 1. The van der Waals surface area contributed by atoms with Crippen molar-refractivity contribution in [3.05, 3.63) is 60.2 Å². The summed E-state index contributed by atoms with van der Waals surface area (Å²) in [5.41, 5.74) is 0.995. The number of para-hydroxylation sites is 1. The van der Waals surface area contributed by atoms with Gasteiger partial charge in [-0.25, -0.2) is 9.59 Å². The lowest BCUT2D eigenvalue weighted by Crippen LogP contribution is -2.20. The van der Waals surface area contributed by atoms with Gasteiger partial charge in [-0.3, -0.25) is 15.4 Å². The van der Waals surface area contributed by atoms with Gasteiger partial charge in [0.05, 0.1) is 0 Å². The number of hydrogen-bond donors (Lipinski definition) is 2. The maximum atomic E-state index is 11.8. The quantitative estimate of drug-likeness (QED) is 0.908. The molecule has 116 valence electrons. The van der Waals surface area contributed by atoms with Crippen molar-refractivity contribution in [3.63, 3.8) is 0 Å². The van der Waals surface area contributed by atoms with E-state index >= 15 is 0 Å². The minimum atomic E-state index is -0.965. The lowest BCUT2D eigenvalue weighted by Gasteiger charge is -2.09. The third-order valence-electron chi connectivity index (χ3n) is 3.10. The lowest BCUT2D eigenvalue weighted by molar-refractivity contribution is -0.123. The van der Waals surface area contributed by atoms with Gasteiger partial charge in [0.1, 0.15) is 5.75 Å². The number of carbonyl (C=O) groups is 3. The molecule has 1 atom stereocenters. The number of nitrogens with one attached hydrogen (secondary N) is 2.